The number of hydrogen-bond donors (Lipinski definition) is 2. The van der Waals surface area contributed by atoms with Gasteiger partial charge in [0.15, 0.2) is 6.61 Å². The van der Waals surface area contributed by atoms with Gasteiger partial charge < -0.3 is 34.7 Å². The van der Waals surface area contributed by atoms with Gasteiger partial charge in [0.25, 0.3) is 5.91 Å². The number of benzene rings is 1. The monoisotopic (exact) mass is 642 g/mol. The number of anilines is 1. The molecule has 0 radical (unpaired) electrons. The van der Waals surface area contributed by atoms with Gasteiger partial charge in [-0.3, -0.25) is 14.4 Å². The van der Waals surface area contributed by atoms with Gasteiger partial charge in [0.1, 0.15) is 18.3 Å². The van der Waals surface area contributed by atoms with Crippen LogP contribution < -0.4 is 11.1 Å². The molecule has 3 aliphatic rings. The number of halogens is 1. The van der Waals surface area contributed by atoms with E-state index in [2.05, 4.69) is 5.32 Å². The Morgan fingerprint density at radius 2 is 1.76 bits per heavy atom. The third kappa shape index (κ3) is 7.54. The van der Waals surface area contributed by atoms with E-state index in [1.54, 1.807) is 44.3 Å². The third-order valence-electron chi connectivity index (χ3n) is 10.4. The first kappa shape index (κ1) is 33.8. The van der Waals surface area contributed by atoms with Gasteiger partial charge in [-0.15, -0.1) is 0 Å². The molecule has 2 saturated carbocycles. The quantitative estimate of drug-likeness (QED) is 0.368. The molecule has 3 N–H and O–H groups in total. The van der Waals surface area contributed by atoms with Crippen LogP contribution in [0.3, 0.4) is 0 Å². The van der Waals surface area contributed by atoms with Crippen LogP contribution in [0.15, 0.2) is 28.7 Å². The zero-order valence-corrected chi connectivity index (χ0v) is 27.0. The van der Waals surface area contributed by atoms with Crippen LogP contribution in [-0.4, -0.2) is 92.7 Å². The van der Waals surface area contributed by atoms with E-state index in [-0.39, 0.29) is 47.3 Å². The van der Waals surface area contributed by atoms with E-state index in [1.165, 1.54) is 11.0 Å². The summed E-state index contributed by atoms with van der Waals surface area (Å²) in [5.74, 6) is -1.18. The largest absolute Gasteiger partial charge is 0.450 e. The fraction of sp³-hybridized carbons (Fsp3) is 0.647. The van der Waals surface area contributed by atoms with Crippen LogP contribution in [-0.2, 0) is 23.9 Å². The standard InChI is InChI=1S/C34H47FN4O7/c1-38(2)30(40)19-45-34(43)29-17-23-16-24(10-13-28(23)46-29)37-32(41)31-26(20-8-11-25(44-3)12-9-20)14-15-39(31)33(42)22-6-4-21(5-7-22)27(36)18-35/h10,13,16-17,20-22,25-27,31H,4-9,11-12,14-15,18-19,36H2,1-3H3,(H,37,41)/t20?,21?,22?,25?,26-,27+,31-/m0/s1. The second-order valence-corrected chi connectivity index (χ2v) is 13.3. The minimum atomic E-state index is -0.760. The average Bonchev–Trinajstić information content (AvgIpc) is 3.71. The van der Waals surface area contributed by atoms with Gasteiger partial charge in [0.2, 0.25) is 17.6 Å². The number of alkyl halides is 1. The van der Waals surface area contributed by atoms with E-state index in [4.69, 9.17) is 19.6 Å². The van der Waals surface area contributed by atoms with E-state index in [9.17, 15) is 23.6 Å². The molecule has 3 atom stereocenters. The van der Waals surface area contributed by atoms with E-state index in [1.807, 2.05) is 0 Å². The molecule has 0 spiro atoms. The Kier molecular flexibility index (Phi) is 11.0. The van der Waals surface area contributed by atoms with Crippen LogP contribution in [0.1, 0.15) is 68.3 Å². The molecule has 2 aromatic rings. The van der Waals surface area contributed by atoms with Gasteiger partial charge in [0.05, 0.1) is 6.10 Å². The molecule has 3 fully saturated rings. The number of carbonyl (C=O) groups excluding carboxylic acids is 4. The Balaban J connectivity index is 1.31. The zero-order valence-electron chi connectivity index (χ0n) is 27.0. The number of methoxy groups -OCH3 is 1. The lowest BCUT2D eigenvalue weighted by molar-refractivity contribution is -0.142. The van der Waals surface area contributed by atoms with Gasteiger partial charge in [-0.05, 0) is 99.8 Å². The number of likely N-dealkylation sites (tertiary alicyclic amines) is 1. The van der Waals surface area contributed by atoms with Crippen molar-refractivity contribution in [1.82, 2.24) is 9.80 Å². The SMILES string of the molecule is COC1CCC([C@@H]2CCN(C(=O)C3CCC([C@H](N)CF)CC3)[C@@H]2C(=O)Nc2ccc3oc(C(=O)OCC(=O)N(C)C)cc3c2)CC1. The fourth-order valence-corrected chi connectivity index (χ4v) is 7.57. The first-order valence-corrected chi connectivity index (χ1v) is 16.5. The van der Waals surface area contributed by atoms with Gasteiger partial charge in [-0.1, -0.05) is 0 Å². The molecule has 3 amide bonds. The number of esters is 1. The maximum atomic E-state index is 14.1. The Morgan fingerprint density at radius 3 is 2.41 bits per heavy atom. The van der Waals surface area contributed by atoms with Crippen LogP contribution in [0.2, 0.25) is 0 Å². The molecule has 1 aliphatic heterocycles. The molecule has 11 nitrogen and oxygen atoms in total. The highest BCUT2D eigenvalue weighted by molar-refractivity contribution is 6.00. The van der Waals surface area contributed by atoms with Crippen LogP contribution in [0, 0.1) is 23.7 Å². The van der Waals surface area contributed by atoms with Crippen LogP contribution in [0.25, 0.3) is 11.0 Å². The van der Waals surface area contributed by atoms with Crippen LogP contribution >= 0.6 is 0 Å². The van der Waals surface area contributed by atoms with E-state index in [0.29, 0.717) is 54.8 Å². The minimum Gasteiger partial charge on any atom is -0.450 e. The van der Waals surface area contributed by atoms with Gasteiger partial charge in [-0.2, -0.15) is 0 Å². The van der Waals surface area contributed by atoms with Crippen LogP contribution in [0.4, 0.5) is 10.1 Å². The second-order valence-electron chi connectivity index (χ2n) is 13.3. The molecular weight excluding hydrogens is 595 g/mol. The highest BCUT2D eigenvalue weighted by Gasteiger charge is 2.47. The summed E-state index contributed by atoms with van der Waals surface area (Å²) < 4.78 is 29.5. The number of nitrogens with zero attached hydrogens (tertiary/aromatic N) is 2. The Bertz CT molecular complexity index is 1400. The summed E-state index contributed by atoms with van der Waals surface area (Å²) in [5.41, 5.74) is 6.90. The van der Waals surface area contributed by atoms with Gasteiger partial charge in [-0.25, -0.2) is 9.18 Å². The first-order valence-electron chi connectivity index (χ1n) is 16.5. The molecule has 1 aromatic carbocycles. The molecule has 252 valence electrons. The zero-order chi connectivity index (χ0) is 33.0. The summed E-state index contributed by atoms with van der Waals surface area (Å²) in [6.07, 6.45) is 7.47. The number of ether oxygens (including phenoxy) is 2. The lowest BCUT2D eigenvalue weighted by Gasteiger charge is -2.37. The number of rotatable bonds is 10. The van der Waals surface area contributed by atoms with Crippen LogP contribution in [0.5, 0.6) is 0 Å². The number of carbonyl (C=O) groups is 4. The summed E-state index contributed by atoms with van der Waals surface area (Å²) in [4.78, 5) is 55.4. The summed E-state index contributed by atoms with van der Waals surface area (Å²) in [6.45, 7) is -0.432. The first-order chi connectivity index (χ1) is 22.1. The highest BCUT2D eigenvalue weighted by atomic mass is 19.1. The van der Waals surface area contributed by atoms with Crippen molar-refractivity contribution in [1.29, 1.82) is 0 Å². The third-order valence-corrected chi connectivity index (χ3v) is 10.4. The Hall–Kier alpha value is -3.51. The second kappa shape index (κ2) is 14.9. The highest BCUT2D eigenvalue weighted by Crippen LogP contribution is 2.42. The van der Waals surface area contributed by atoms with E-state index >= 15 is 0 Å². The average molecular weight is 643 g/mol. The lowest BCUT2D eigenvalue weighted by atomic mass is 9.75. The Morgan fingerprint density at radius 1 is 1.04 bits per heavy atom. The predicted molar refractivity (Wildman–Crippen MR) is 170 cm³/mol. The molecular formula is C34H47FN4O7. The molecule has 2 heterocycles. The molecule has 5 rings (SSSR count). The number of furan rings is 1. The van der Waals surface area contributed by atoms with Crippen molar-refractivity contribution in [3.8, 4) is 0 Å². The molecule has 1 saturated heterocycles. The van der Waals surface area contributed by atoms with Crippen molar-refractivity contribution in [2.75, 3.05) is 46.3 Å². The lowest BCUT2D eigenvalue weighted by Crippen LogP contribution is -2.50. The van der Waals surface area contributed by atoms with Crippen molar-refractivity contribution in [3.63, 3.8) is 0 Å². The maximum absolute atomic E-state index is 14.1. The van der Waals surface area contributed by atoms with Crippen molar-refractivity contribution in [3.05, 3.63) is 30.0 Å². The van der Waals surface area contributed by atoms with Crippen molar-refractivity contribution < 1.29 is 37.5 Å². The molecule has 12 heteroatoms. The number of hydrogen-bond acceptors (Lipinski definition) is 8. The van der Waals surface area contributed by atoms with E-state index in [0.717, 1.165) is 32.1 Å². The van der Waals surface area contributed by atoms with Gasteiger partial charge >= 0.3 is 5.97 Å². The topological polar surface area (TPSA) is 144 Å². The number of fused-ring (bicyclic) bond motifs is 1. The summed E-state index contributed by atoms with van der Waals surface area (Å²) in [7, 11) is 4.87. The summed E-state index contributed by atoms with van der Waals surface area (Å²) in [6, 6.07) is 5.49. The molecule has 2 aliphatic carbocycles. The maximum Gasteiger partial charge on any atom is 0.374 e. The molecule has 0 bridgehead atoms. The fourth-order valence-electron chi connectivity index (χ4n) is 7.57. The van der Waals surface area contributed by atoms with Gasteiger partial charge in [0, 0.05) is 50.8 Å². The summed E-state index contributed by atoms with van der Waals surface area (Å²) >= 11 is 0. The smallest absolute Gasteiger partial charge is 0.374 e. The molecule has 1 aromatic heterocycles. The minimum absolute atomic E-state index is 0.00156. The van der Waals surface area contributed by atoms with E-state index < -0.39 is 31.3 Å². The number of likely N-dealkylation sites (N-methyl/N-ethyl adjacent to an activating group) is 1. The normalized spacial score (nSPS) is 27.3. The molecule has 0 unspecified atom stereocenters. The van der Waals surface area contributed by atoms with Crippen molar-refractivity contribution >= 4 is 40.3 Å². The molecule has 46 heavy (non-hydrogen) atoms. The van der Waals surface area contributed by atoms with Crippen molar-refractivity contribution in [2.45, 2.75) is 76.0 Å². The number of nitrogens with two attached hydrogens (primary N) is 1. The number of amides is 3. The predicted octanol–water partition coefficient (Wildman–Crippen LogP) is 4.14. The van der Waals surface area contributed by atoms with Crippen molar-refractivity contribution in [2.24, 2.45) is 29.4 Å². The number of nitrogens with one attached hydrogen (secondary N) is 1. The Labute approximate surface area is 269 Å². The summed E-state index contributed by atoms with van der Waals surface area (Å²) in [5, 5.41) is 3.63.